The quantitative estimate of drug-likeness (QED) is 0.361. The van der Waals surface area contributed by atoms with E-state index in [1.165, 1.54) is 48.4 Å². The second-order valence-corrected chi connectivity index (χ2v) is 6.88. The zero-order valence-electron chi connectivity index (χ0n) is 16.8. The van der Waals surface area contributed by atoms with Gasteiger partial charge in [-0.2, -0.15) is 0 Å². The van der Waals surface area contributed by atoms with Crippen LogP contribution in [0.2, 0.25) is 0 Å². The van der Waals surface area contributed by atoms with Crippen LogP contribution in [-0.4, -0.2) is 39.1 Å². The molecule has 0 fully saturated rings. The molecule has 158 valence electrons. The van der Waals surface area contributed by atoms with Gasteiger partial charge in [-0.1, -0.05) is 36.4 Å². The van der Waals surface area contributed by atoms with Gasteiger partial charge in [0, 0.05) is 18.8 Å². The number of nitrogens with one attached hydrogen (secondary N) is 1. The fraction of sp³-hybridized carbons (Fsp3) is 0.0833. The number of rotatable bonds is 6. The molecule has 3 aromatic carbocycles. The molecule has 0 unspecified atom stereocenters. The first-order valence-corrected chi connectivity index (χ1v) is 9.47. The van der Waals surface area contributed by atoms with Gasteiger partial charge in [0.25, 0.3) is 5.91 Å². The zero-order valence-corrected chi connectivity index (χ0v) is 16.8. The van der Waals surface area contributed by atoms with E-state index in [0.717, 1.165) is 0 Å². The highest BCUT2D eigenvalue weighted by Gasteiger charge is 2.28. The number of amides is 2. The third kappa shape index (κ3) is 5.42. The molecule has 7 heteroatoms. The molecule has 0 radical (unpaired) electrons. The number of para-hydroxylation sites is 1. The minimum Gasteiger partial charge on any atom is -0.508 e. The van der Waals surface area contributed by atoms with Crippen LogP contribution in [0.5, 0.6) is 17.2 Å². The molecule has 3 aromatic rings. The minimum absolute atomic E-state index is 0.0481. The number of nitrogens with zero attached hydrogens (tertiary/aromatic N) is 1. The number of phenols is 3. The van der Waals surface area contributed by atoms with Crippen molar-refractivity contribution in [3.8, 4) is 17.2 Å². The van der Waals surface area contributed by atoms with Gasteiger partial charge in [0.2, 0.25) is 5.91 Å². The highest BCUT2D eigenvalue weighted by atomic mass is 16.3. The molecule has 0 aliphatic heterocycles. The second-order valence-electron chi connectivity index (χ2n) is 6.88. The van der Waals surface area contributed by atoms with Crippen LogP contribution in [0, 0.1) is 0 Å². The van der Waals surface area contributed by atoms with Gasteiger partial charge < -0.3 is 25.5 Å². The Balaban J connectivity index is 1.85. The average molecular weight is 418 g/mol. The van der Waals surface area contributed by atoms with Gasteiger partial charge in [0.15, 0.2) is 11.5 Å². The fourth-order valence-corrected chi connectivity index (χ4v) is 3.00. The summed E-state index contributed by atoms with van der Waals surface area (Å²) in [4.78, 5) is 27.1. The Hall–Kier alpha value is -4.26. The highest BCUT2D eigenvalue weighted by molar-refractivity contribution is 6.00. The summed E-state index contributed by atoms with van der Waals surface area (Å²) in [6, 6.07) is 18.2. The van der Waals surface area contributed by atoms with E-state index in [2.05, 4.69) is 5.32 Å². The minimum atomic E-state index is -0.953. The SMILES string of the molecule is CN(C(=O)/C=C\c1ccc(O)c(O)c1)[C@H](C(=O)Nc1ccccc1)c1ccc(O)cc1. The molecule has 0 bridgehead atoms. The lowest BCUT2D eigenvalue weighted by Crippen LogP contribution is -2.37. The Kier molecular flexibility index (Phi) is 6.57. The topological polar surface area (TPSA) is 110 Å². The number of carbonyl (C=O) groups excluding carboxylic acids is 2. The summed E-state index contributed by atoms with van der Waals surface area (Å²) >= 11 is 0. The van der Waals surface area contributed by atoms with E-state index in [1.807, 2.05) is 6.07 Å². The van der Waals surface area contributed by atoms with E-state index >= 15 is 0 Å². The number of carbonyl (C=O) groups is 2. The lowest BCUT2D eigenvalue weighted by molar-refractivity contribution is -0.133. The molecule has 31 heavy (non-hydrogen) atoms. The van der Waals surface area contributed by atoms with E-state index in [9.17, 15) is 24.9 Å². The summed E-state index contributed by atoms with van der Waals surface area (Å²) in [7, 11) is 1.50. The number of benzene rings is 3. The number of likely N-dealkylation sites (N-methyl/N-ethyl adjacent to an activating group) is 1. The van der Waals surface area contributed by atoms with Crippen LogP contribution < -0.4 is 5.32 Å². The summed E-state index contributed by atoms with van der Waals surface area (Å²) in [5.41, 5.74) is 1.62. The van der Waals surface area contributed by atoms with Crippen molar-refractivity contribution in [1.82, 2.24) is 4.90 Å². The van der Waals surface area contributed by atoms with Gasteiger partial charge in [-0.25, -0.2) is 0 Å². The largest absolute Gasteiger partial charge is 0.508 e. The first kappa shape index (κ1) is 21.4. The van der Waals surface area contributed by atoms with Crippen LogP contribution in [0.15, 0.2) is 78.9 Å². The molecular weight excluding hydrogens is 396 g/mol. The van der Waals surface area contributed by atoms with Crippen LogP contribution in [0.3, 0.4) is 0 Å². The molecule has 0 saturated heterocycles. The van der Waals surface area contributed by atoms with Gasteiger partial charge in [0.05, 0.1) is 0 Å². The number of anilines is 1. The molecule has 7 nitrogen and oxygen atoms in total. The molecule has 0 aromatic heterocycles. The summed E-state index contributed by atoms with van der Waals surface area (Å²) < 4.78 is 0. The first-order valence-electron chi connectivity index (χ1n) is 9.47. The summed E-state index contributed by atoms with van der Waals surface area (Å²) in [5, 5.41) is 31.4. The second kappa shape index (κ2) is 9.49. The Morgan fingerprint density at radius 2 is 1.58 bits per heavy atom. The maximum atomic E-state index is 13.0. The average Bonchev–Trinajstić information content (AvgIpc) is 2.76. The molecule has 4 N–H and O–H groups in total. The molecular formula is C24H22N2O5. The molecule has 2 amide bonds. The molecule has 3 rings (SSSR count). The predicted octanol–water partition coefficient (Wildman–Crippen LogP) is 3.66. The van der Waals surface area contributed by atoms with Crippen molar-refractivity contribution in [1.29, 1.82) is 0 Å². The zero-order chi connectivity index (χ0) is 22.4. The molecule has 0 heterocycles. The third-order valence-corrected chi connectivity index (χ3v) is 4.65. The van der Waals surface area contributed by atoms with Crippen LogP contribution in [0.1, 0.15) is 17.2 Å². The number of hydrogen-bond acceptors (Lipinski definition) is 5. The van der Waals surface area contributed by atoms with Crippen LogP contribution >= 0.6 is 0 Å². The van der Waals surface area contributed by atoms with Gasteiger partial charge in [0.1, 0.15) is 11.8 Å². The Morgan fingerprint density at radius 3 is 2.23 bits per heavy atom. The van der Waals surface area contributed by atoms with E-state index in [0.29, 0.717) is 16.8 Å². The molecule has 0 aliphatic carbocycles. The molecule has 1 atom stereocenters. The lowest BCUT2D eigenvalue weighted by Gasteiger charge is -2.27. The van der Waals surface area contributed by atoms with Gasteiger partial charge >= 0.3 is 0 Å². The summed E-state index contributed by atoms with van der Waals surface area (Å²) in [6.45, 7) is 0. The molecule has 0 spiro atoms. The van der Waals surface area contributed by atoms with E-state index in [-0.39, 0.29) is 17.2 Å². The molecule has 0 aliphatic rings. The maximum absolute atomic E-state index is 13.0. The monoisotopic (exact) mass is 418 g/mol. The van der Waals surface area contributed by atoms with Crippen molar-refractivity contribution < 1.29 is 24.9 Å². The van der Waals surface area contributed by atoms with Crippen molar-refractivity contribution in [3.05, 3.63) is 90.0 Å². The normalized spacial score (nSPS) is 11.8. The fourth-order valence-electron chi connectivity index (χ4n) is 3.00. The third-order valence-electron chi connectivity index (χ3n) is 4.65. The predicted molar refractivity (Wildman–Crippen MR) is 117 cm³/mol. The summed E-state index contributed by atoms with van der Waals surface area (Å²) in [5.74, 6) is -1.37. The summed E-state index contributed by atoms with van der Waals surface area (Å²) in [6.07, 6.45) is 2.75. The standard InChI is InChI=1S/C24H22N2O5/c1-26(22(30)14-8-16-7-13-20(28)21(29)15-16)23(17-9-11-19(27)12-10-17)24(31)25-18-5-3-2-4-6-18/h2-15,23,27-29H,1H3,(H,25,31)/b14-8-/t23-/m0/s1. The van der Waals surface area contributed by atoms with Crippen molar-refractivity contribution >= 4 is 23.6 Å². The highest BCUT2D eigenvalue weighted by Crippen LogP contribution is 2.26. The number of aromatic hydroxyl groups is 3. The first-order chi connectivity index (χ1) is 14.8. The van der Waals surface area contributed by atoms with Crippen molar-refractivity contribution in [2.45, 2.75) is 6.04 Å². The number of hydrogen-bond donors (Lipinski definition) is 4. The Bertz CT molecular complexity index is 1090. The number of phenolic OH excluding ortho intramolecular Hbond substituents is 3. The Labute approximate surface area is 179 Å². The van der Waals surface area contributed by atoms with Crippen molar-refractivity contribution in [3.63, 3.8) is 0 Å². The van der Waals surface area contributed by atoms with Crippen molar-refractivity contribution in [2.24, 2.45) is 0 Å². The van der Waals surface area contributed by atoms with E-state index in [1.54, 1.807) is 42.5 Å². The van der Waals surface area contributed by atoms with Crippen LogP contribution in [-0.2, 0) is 9.59 Å². The molecule has 0 saturated carbocycles. The van der Waals surface area contributed by atoms with Gasteiger partial charge in [-0.05, 0) is 53.6 Å². The van der Waals surface area contributed by atoms with Crippen molar-refractivity contribution in [2.75, 3.05) is 12.4 Å². The van der Waals surface area contributed by atoms with E-state index < -0.39 is 17.9 Å². The lowest BCUT2D eigenvalue weighted by atomic mass is 10.0. The smallest absolute Gasteiger partial charge is 0.251 e. The van der Waals surface area contributed by atoms with Crippen LogP contribution in [0.4, 0.5) is 5.69 Å². The van der Waals surface area contributed by atoms with Gasteiger partial charge in [-0.3, -0.25) is 9.59 Å². The van der Waals surface area contributed by atoms with Crippen LogP contribution in [0.25, 0.3) is 6.08 Å². The Morgan fingerprint density at radius 1 is 0.903 bits per heavy atom. The van der Waals surface area contributed by atoms with Gasteiger partial charge in [-0.15, -0.1) is 0 Å². The van der Waals surface area contributed by atoms with E-state index in [4.69, 9.17) is 0 Å². The maximum Gasteiger partial charge on any atom is 0.251 e.